The van der Waals surface area contributed by atoms with Crippen LogP contribution in [-0.4, -0.2) is 11.5 Å². The van der Waals surface area contributed by atoms with E-state index < -0.39 is 0 Å². The summed E-state index contributed by atoms with van der Waals surface area (Å²) in [7, 11) is 0. The maximum absolute atomic E-state index is 4.40. The van der Waals surface area contributed by atoms with Gasteiger partial charge in [0.1, 0.15) is 5.01 Å². The monoisotopic (exact) mass is 212 g/mol. The number of rotatable bonds is 4. The normalized spacial score (nSPS) is 12.0. The summed E-state index contributed by atoms with van der Waals surface area (Å²) in [5.74, 6) is 0. The zero-order valence-corrected chi connectivity index (χ0v) is 10.4. The first-order valence-electron chi connectivity index (χ1n) is 5.09. The van der Waals surface area contributed by atoms with Gasteiger partial charge >= 0.3 is 0 Å². The van der Waals surface area contributed by atoms with E-state index in [1.807, 2.05) is 6.92 Å². The van der Waals surface area contributed by atoms with Crippen molar-refractivity contribution in [2.45, 2.75) is 40.7 Å². The molecule has 0 amide bonds. The summed E-state index contributed by atoms with van der Waals surface area (Å²) >= 11 is 1.73. The van der Waals surface area contributed by atoms with E-state index in [0.29, 0.717) is 5.41 Å². The number of aryl methyl sites for hydroxylation is 1. The Kier molecular flexibility index (Phi) is 4.08. The fourth-order valence-corrected chi connectivity index (χ4v) is 1.88. The third-order valence-electron chi connectivity index (χ3n) is 1.99. The Bertz CT molecular complexity index is 273. The topological polar surface area (TPSA) is 24.9 Å². The predicted octanol–water partition coefficient (Wildman–Crippen LogP) is 2.98. The van der Waals surface area contributed by atoms with Crippen molar-refractivity contribution in [3.05, 3.63) is 16.1 Å². The zero-order valence-electron chi connectivity index (χ0n) is 9.55. The van der Waals surface area contributed by atoms with Gasteiger partial charge < -0.3 is 5.32 Å². The van der Waals surface area contributed by atoms with Gasteiger partial charge in [0.2, 0.25) is 0 Å². The second-order valence-corrected chi connectivity index (χ2v) is 5.81. The Balaban J connectivity index is 2.16. The zero-order chi connectivity index (χ0) is 10.6. The average molecular weight is 212 g/mol. The molecule has 0 bridgehead atoms. The number of nitrogens with one attached hydrogen (secondary N) is 1. The molecule has 0 saturated heterocycles. The molecule has 0 unspecified atom stereocenters. The van der Waals surface area contributed by atoms with Crippen LogP contribution in [-0.2, 0) is 6.54 Å². The first-order chi connectivity index (χ1) is 6.47. The Morgan fingerprint density at radius 3 is 2.64 bits per heavy atom. The van der Waals surface area contributed by atoms with Gasteiger partial charge in [0.25, 0.3) is 0 Å². The number of hydrogen-bond acceptors (Lipinski definition) is 3. The van der Waals surface area contributed by atoms with Gasteiger partial charge in [0.05, 0.1) is 0 Å². The van der Waals surface area contributed by atoms with Crippen LogP contribution in [0.4, 0.5) is 0 Å². The molecular formula is C11H20N2S. The molecule has 0 atom stereocenters. The molecule has 0 radical (unpaired) electrons. The second-order valence-electron chi connectivity index (χ2n) is 4.87. The van der Waals surface area contributed by atoms with Crippen LogP contribution in [0, 0.1) is 12.3 Å². The molecule has 0 aromatic carbocycles. The van der Waals surface area contributed by atoms with Gasteiger partial charge in [-0.25, -0.2) is 4.98 Å². The molecule has 0 fully saturated rings. The van der Waals surface area contributed by atoms with Crippen LogP contribution in [0.5, 0.6) is 0 Å². The lowest BCUT2D eigenvalue weighted by molar-refractivity contribution is 0.366. The van der Waals surface area contributed by atoms with Crippen LogP contribution in [0.25, 0.3) is 0 Å². The highest BCUT2D eigenvalue weighted by Gasteiger charge is 2.08. The fraction of sp³-hybridized carbons (Fsp3) is 0.727. The lowest BCUT2D eigenvalue weighted by Gasteiger charge is -2.17. The Morgan fingerprint density at radius 1 is 1.43 bits per heavy atom. The van der Waals surface area contributed by atoms with Crippen molar-refractivity contribution in [3.8, 4) is 0 Å². The molecular weight excluding hydrogens is 192 g/mol. The van der Waals surface area contributed by atoms with Crippen molar-refractivity contribution >= 4 is 11.3 Å². The molecule has 0 aliphatic carbocycles. The largest absolute Gasteiger partial charge is 0.310 e. The first-order valence-corrected chi connectivity index (χ1v) is 5.97. The number of hydrogen-bond donors (Lipinski definition) is 1. The average Bonchev–Trinajstić information content (AvgIpc) is 2.44. The van der Waals surface area contributed by atoms with Crippen LogP contribution in [0.1, 0.15) is 37.9 Å². The minimum absolute atomic E-state index is 0.422. The third kappa shape index (κ3) is 4.72. The highest BCUT2D eigenvalue weighted by Crippen LogP contribution is 2.17. The van der Waals surface area contributed by atoms with Crippen molar-refractivity contribution in [3.63, 3.8) is 0 Å². The molecule has 0 saturated carbocycles. The molecule has 0 aliphatic rings. The van der Waals surface area contributed by atoms with E-state index in [1.54, 1.807) is 11.3 Å². The van der Waals surface area contributed by atoms with Gasteiger partial charge in [-0.3, -0.25) is 0 Å². The van der Waals surface area contributed by atoms with Crippen molar-refractivity contribution in [1.82, 2.24) is 10.3 Å². The third-order valence-corrected chi connectivity index (χ3v) is 2.96. The quantitative estimate of drug-likeness (QED) is 0.776. The SMILES string of the molecule is Cc1csc(CNCCC(C)(C)C)n1. The van der Waals surface area contributed by atoms with Crippen LogP contribution in [0.15, 0.2) is 5.38 Å². The molecule has 3 heteroatoms. The highest BCUT2D eigenvalue weighted by atomic mass is 32.1. The van der Waals surface area contributed by atoms with Crippen LogP contribution in [0.2, 0.25) is 0 Å². The van der Waals surface area contributed by atoms with E-state index in [9.17, 15) is 0 Å². The van der Waals surface area contributed by atoms with Crippen molar-refractivity contribution in [2.24, 2.45) is 5.41 Å². The maximum atomic E-state index is 4.40. The summed E-state index contributed by atoms with van der Waals surface area (Å²) in [6.45, 7) is 10.8. The summed E-state index contributed by atoms with van der Waals surface area (Å²) in [5, 5.41) is 6.71. The van der Waals surface area contributed by atoms with Crippen molar-refractivity contribution in [2.75, 3.05) is 6.54 Å². The fourth-order valence-electron chi connectivity index (χ4n) is 1.14. The minimum Gasteiger partial charge on any atom is -0.310 e. The maximum Gasteiger partial charge on any atom is 0.107 e. The predicted molar refractivity (Wildman–Crippen MR) is 62.6 cm³/mol. The summed E-state index contributed by atoms with van der Waals surface area (Å²) in [6.07, 6.45) is 1.21. The minimum atomic E-state index is 0.422. The van der Waals surface area contributed by atoms with Gasteiger partial charge in [-0.05, 0) is 25.3 Å². The Hall–Kier alpha value is -0.410. The van der Waals surface area contributed by atoms with Crippen molar-refractivity contribution in [1.29, 1.82) is 0 Å². The molecule has 1 rings (SSSR count). The van der Waals surface area contributed by atoms with Crippen LogP contribution >= 0.6 is 11.3 Å². The molecule has 1 aromatic heterocycles. The smallest absolute Gasteiger partial charge is 0.107 e. The second kappa shape index (κ2) is 4.89. The lowest BCUT2D eigenvalue weighted by atomic mass is 9.92. The summed E-state index contributed by atoms with van der Waals surface area (Å²) in [4.78, 5) is 4.40. The van der Waals surface area contributed by atoms with E-state index in [-0.39, 0.29) is 0 Å². The standard InChI is InChI=1S/C11H20N2S/c1-9-8-14-10(13-9)7-12-6-5-11(2,3)4/h8,12H,5-7H2,1-4H3. The van der Waals surface area contributed by atoms with Gasteiger partial charge in [0.15, 0.2) is 0 Å². The summed E-state index contributed by atoms with van der Waals surface area (Å²) < 4.78 is 0. The molecule has 0 aliphatic heterocycles. The molecule has 0 spiro atoms. The van der Waals surface area contributed by atoms with E-state index in [2.05, 4.69) is 36.5 Å². The number of nitrogens with zero attached hydrogens (tertiary/aromatic N) is 1. The molecule has 1 N–H and O–H groups in total. The van der Waals surface area contributed by atoms with Crippen molar-refractivity contribution < 1.29 is 0 Å². The van der Waals surface area contributed by atoms with E-state index >= 15 is 0 Å². The highest BCUT2D eigenvalue weighted by molar-refractivity contribution is 7.09. The molecule has 1 heterocycles. The van der Waals surface area contributed by atoms with Gasteiger partial charge in [-0.1, -0.05) is 20.8 Å². The van der Waals surface area contributed by atoms with E-state index in [0.717, 1.165) is 18.8 Å². The van der Waals surface area contributed by atoms with E-state index in [1.165, 1.54) is 11.4 Å². The summed E-state index contributed by atoms with van der Waals surface area (Å²) in [5.41, 5.74) is 1.55. The summed E-state index contributed by atoms with van der Waals surface area (Å²) in [6, 6.07) is 0. The van der Waals surface area contributed by atoms with Gasteiger partial charge in [-0.15, -0.1) is 11.3 Å². The van der Waals surface area contributed by atoms with Crippen LogP contribution in [0.3, 0.4) is 0 Å². The first kappa shape index (κ1) is 11.7. The van der Waals surface area contributed by atoms with E-state index in [4.69, 9.17) is 0 Å². The number of aromatic nitrogens is 1. The van der Waals surface area contributed by atoms with Crippen LogP contribution < -0.4 is 5.32 Å². The molecule has 80 valence electrons. The van der Waals surface area contributed by atoms with Gasteiger partial charge in [-0.2, -0.15) is 0 Å². The lowest BCUT2D eigenvalue weighted by Crippen LogP contribution is -2.20. The Morgan fingerprint density at radius 2 is 2.14 bits per heavy atom. The Labute approximate surface area is 90.8 Å². The van der Waals surface area contributed by atoms with Gasteiger partial charge in [0, 0.05) is 17.6 Å². The molecule has 2 nitrogen and oxygen atoms in total. The molecule has 1 aromatic rings. The molecule has 14 heavy (non-hydrogen) atoms. The number of thiazole rings is 1.